The van der Waals surface area contributed by atoms with Gasteiger partial charge in [0.25, 0.3) is 5.91 Å². The van der Waals surface area contributed by atoms with Crippen LogP contribution in [0.15, 0.2) is 36.0 Å². The highest BCUT2D eigenvalue weighted by molar-refractivity contribution is 6.30. The Morgan fingerprint density at radius 1 is 1.45 bits per heavy atom. The van der Waals surface area contributed by atoms with Crippen molar-refractivity contribution in [3.63, 3.8) is 0 Å². The second kappa shape index (κ2) is 8.90. The molecule has 4 rings (SSSR count). The average molecular weight is 496 g/mol. The van der Waals surface area contributed by atoms with Crippen LogP contribution in [0.25, 0.3) is 16.1 Å². The minimum Gasteiger partial charge on any atom is -0.364 e. The van der Waals surface area contributed by atoms with Crippen molar-refractivity contribution in [2.24, 2.45) is 10.8 Å². The Balaban J connectivity index is 1.81. The molecule has 2 N–H and O–H groups in total. The molecule has 0 spiro atoms. The SMILES string of the molecule is [N-]=[N+]=N[C@H](CC1(Cl)CC1)C(=O)[N+]1(Cc2cc(Cl)ccc2-n2cncn2)C[C@H](F)C[C@H]1C(N)=O. The molecule has 4 atom stereocenters. The normalized spacial score (nSPS) is 26.4. The van der Waals surface area contributed by atoms with E-state index in [0.29, 0.717) is 29.1 Å². The molecule has 1 saturated heterocycles. The van der Waals surface area contributed by atoms with Gasteiger partial charge < -0.3 is 5.73 Å². The van der Waals surface area contributed by atoms with Crippen LogP contribution in [0.5, 0.6) is 0 Å². The van der Waals surface area contributed by atoms with Gasteiger partial charge in [0.2, 0.25) is 0 Å². The number of amides is 2. The minimum atomic E-state index is -1.45. The van der Waals surface area contributed by atoms with Gasteiger partial charge in [-0.3, -0.25) is 4.79 Å². The fourth-order valence-electron chi connectivity index (χ4n) is 4.62. The molecule has 13 heteroatoms. The monoisotopic (exact) mass is 495 g/mol. The predicted molar refractivity (Wildman–Crippen MR) is 118 cm³/mol. The molecule has 0 bridgehead atoms. The third-order valence-corrected chi connectivity index (χ3v) is 7.12. The number of nitrogens with zero attached hydrogens (tertiary/aromatic N) is 7. The van der Waals surface area contributed by atoms with Crippen LogP contribution in [0, 0.1) is 0 Å². The number of carbonyl (C=O) groups is 2. The first kappa shape index (κ1) is 23.4. The molecule has 2 aromatic rings. The first-order valence-corrected chi connectivity index (χ1v) is 11.1. The number of hydrogen-bond donors (Lipinski definition) is 1. The van der Waals surface area contributed by atoms with Gasteiger partial charge in [0.1, 0.15) is 25.7 Å². The van der Waals surface area contributed by atoms with Gasteiger partial charge in [0.05, 0.1) is 5.69 Å². The Kier molecular flexibility index (Phi) is 6.32. The summed E-state index contributed by atoms with van der Waals surface area (Å²) in [6.45, 7) is -0.391. The summed E-state index contributed by atoms with van der Waals surface area (Å²) in [5, 5.41) is 8.21. The van der Waals surface area contributed by atoms with Crippen LogP contribution in [0.3, 0.4) is 0 Å². The summed E-state index contributed by atoms with van der Waals surface area (Å²) < 4.78 is 15.6. The number of benzene rings is 1. The largest absolute Gasteiger partial charge is 0.364 e. The van der Waals surface area contributed by atoms with Crippen LogP contribution in [-0.2, 0) is 16.1 Å². The van der Waals surface area contributed by atoms with Crippen molar-refractivity contribution in [3.8, 4) is 5.69 Å². The Bertz CT molecular complexity index is 1120. The number of rotatable bonds is 8. The first-order chi connectivity index (χ1) is 15.7. The highest BCUT2D eigenvalue weighted by Crippen LogP contribution is 2.48. The Labute approximate surface area is 198 Å². The number of hydrogen-bond acceptors (Lipinski definition) is 5. The van der Waals surface area contributed by atoms with Gasteiger partial charge in [-0.15, -0.1) is 11.6 Å². The number of primary amides is 1. The van der Waals surface area contributed by atoms with Gasteiger partial charge in [-0.2, -0.15) is 5.10 Å². The summed E-state index contributed by atoms with van der Waals surface area (Å²) in [7, 11) is 0. The molecule has 1 aromatic carbocycles. The van der Waals surface area contributed by atoms with E-state index in [2.05, 4.69) is 20.1 Å². The highest BCUT2D eigenvalue weighted by atomic mass is 35.5. The zero-order valence-electron chi connectivity index (χ0n) is 17.5. The molecule has 2 fully saturated rings. The van der Waals surface area contributed by atoms with E-state index in [-0.39, 0.29) is 25.9 Å². The number of alkyl halides is 2. The molecule has 2 heterocycles. The molecule has 1 saturated carbocycles. The van der Waals surface area contributed by atoms with Crippen molar-refractivity contribution in [3.05, 3.63) is 51.9 Å². The fraction of sp³-hybridized carbons (Fsp3) is 0.500. The van der Waals surface area contributed by atoms with Crippen LogP contribution >= 0.6 is 23.2 Å². The maximum absolute atomic E-state index is 14.8. The molecule has 33 heavy (non-hydrogen) atoms. The van der Waals surface area contributed by atoms with Crippen LogP contribution in [0.4, 0.5) is 4.39 Å². The number of azide groups is 1. The number of likely N-dealkylation sites (tertiary alicyclic amines) is 1. The maximum atomic E-state index is 14.8. The molecule has 1 aliphatic carbocycles. The van der Waals surface area contributed by atoms with E-state index < -0.39 is 39.4 Å². The number of aromatic nitrogens is 3. The summed E-state index contributed by atoms with van der Waals surface area (Å²) in [6.07, 6.45) is 2.61. The number of halogens is 3. The van der Waals surface area contributed by atoms with E-state index in [4.69, 9.17) is 34.5 Å². The molecule has 1 aliphatic heterocycles. The summed E-state index contributed by atoms with van der Waals surface area (Å²) in [4.78, 5) is 32.5. The molecule has 174 valence electrons. The third kappa shape index (κ3) is 4.67. The molecule has 2 aliphatic rings. The van der Waals surface area contributed by atoms with Crippen molar-refractivity contribution in [2.75, 3.05) is 6.54 Å². The van der Waals surface area contributed by atoms with Gasteiger partial charge in [-0.25, -0.2) is 23.3 Å². The molecular weight excluding hydrogens is 474 g/mol. The lowest BCUT2D eigenvalue weighted by atomic mass is 10.0. The Hall–Kier alpha value is -2.72. The zero-order valence-corrected chi connectivity index (χ0v) is 19.0. The van der Waals surface area contributed by atoms with Crippen LogP contribution in [-0.4, -0.2) is 60.7 Å². The summed E-state index contributed by atoms with van der Waals surface area (Å²) >= 11 is 12.7. The number of quaternary nitrogens is 1. The van der Waals surface area contributed by atoms with Gasteiger partial charge in [-0.1, -0.05) is 16.7 Å². The standard InChI is InChI=1S/C20H21Cl2FN8O2/c21-13-1-2-16(30-11-26-10-27-30)12(5-13)8-31(9-14(23)6-17(31)18(24)32)19(33)15(28-29-25)7-20(22)3-4-20/h1-2,5,10-11,14-15,17H,3-4,6-9H2,(H-,24,32)/p+1/t14-,15-,17+,31?/m1/s1. The highest BCUT2D eigenvalue weighted by Gasteiger charge is 2.58. The number of carbonyl (C=O) groups excluding carboxylic acids is 2. The van der Waals surface area contributed by atoms with Crippen LogP contribution in [0.1, 0.15) is 31.2 Å². The first-order valence-electron chi connectivity index (χ1n) is 10.4. The van der Waals surface area contributed by atoms with Crippen LogP contribution in [0.2, 0.25) is 5.02 Å². The van der Waals surface area contributed by atoms with Gasteiger partial charge >= 0.3 is 5.91 Å². The summed E-state index contributed by atoms with van der Waals surface area (Å²) in [6, 6.07) is 2.66. The average Bonchev–Trinajstić information content (AvgIpc) is 3.15. The summed E-state index contributed by atoms with van der Waals surface area (Å²) in [5.41, 5.74) is 15.8. The summed E-state index contributed by atoms with van der Waals surface area (Å²) in [5.74, 6) is -1.40. The smallest absolute Gasteiger partial charge is 0.323 e. The lowest BCUT2D eigenvalue weighted by Crippen LogP contribution is -2.62. The van der Waals surface area contributed by atoms with E-state index in [1.54, 1.807) is 18.2 Å². The molecule has 2 amide bonds. The topological polar surface area (TPSA) is 140 Å². The van der Waals surface area contributed by atoms with E-state index in [1.807, 2.05) is 0 Å². The second-order valence-electron chi connectivity index (χ2n) is 8.65. The van der Waals surface area contributed by atoms with E-state index >= 15 is 0 Å². The van der Waals surface area contributed by atoms with Crippen molar-refractivity contribution in [1.29, 1.82) is 0 Å². The van der Waals surface area contributed by atoms with Gasteiger partial charge in [-0.05, 0) is 43.0 Å². The van der Waals surface area contributed by atoms with Gasteiger partial charge in [0, 0.05) is 26.8 Å². The van der Waals surface area contributed by atoms with Gasteiger partial charge in [0.15, 0.2) is 18.3 Å². The molecule has 10 nitrogen and oxygen atoms in total. The van der Waals surface area contributed by atoms with E-state index in [9.17, 15) is 14.0 Å². The molecule has 0 radical (unpaired) electrons. The molecule has 1 aromatic heterocycles. The van der Waals surface area contributed by atoms with E-state index in [0.717, 1.165) is 0 Å². The van der Waals surface area contributed by atoms with Crippen molar-refractivity contribution < 1.29 is 18.5 Å². The Morgan fingerprint density at radius 2 is 2.21 bits per heavy atom. The van der Waals surface area contributed by atoms with Crippen molar-refractivity contribution >= 4 is 35.0 Å². The second-order valence-corrected chi connectivity index (χ2v) is 9.89. The van der Waals surface area contributed by atoms with E-state index in [1.165, 1.54) is 17.3 Å². The van der Waals surface area contributed by atoms with Crippen molar-refractivity contribution in [2.45, 2.75) is 55.4 Å². The molecular formula is C20H22Cl2FN8O2+. The third-order valence-electron chi connectivity index (χ3n) is 6.35. The number of nitrogens with two attached hydrogens (primary N) is 1. The zero-order chi connectivity index (χ0) is 23.8. The van der Waals surface area contributed by atoms with Crippen LogP contribution < -0.4 is 5.73 Å². The fourth-order valence-corrected chi connectivity index (χ4v) is 5.05. The predicted octanol–water partition coefficient (Wildman–Crippen LogP) is 3.20. The molecule has 1 unspecified atom stereocenters. The van der Waals surface area contributed by atoms with Crippen molar-refractivity contribution in [1.82, 2.24) is 14.8 Å². The maximum Gasteiger partial charge on any atom is 0.323 e. The lowest BCUT2D eigenvalue weighted by Gasteiger charge is -2.38. The quantitative estimate of drug-likeness (QED) is 0.197. The minimum absolute atomic E-state index is 0.102. The lowest BCUT2D eigenvalue weighted by molar-refractivity contribution is -0.872. The Morgan fingerprint density at radius 3 is 2.82 bits per heavy atom.